The third kappa shape index (κ3) is 1.78. The summed E-state index contributed by atoms with van der Waals surface area (Å²) < 4.78 is 39.7. The van der Waals surface area contributed by atoms with E-state index in [1.807, 2.05) is 4.90 Å². The van der Waals surface area contributed by atoms with Gasteiger partial charge in [-0.2, -0.15) is 13.2 Å². The maximum Gasteiger partial charge on any atom is 0.406 e. The molecule has 2 unspecified atom stereocenters. The first-order valence-corrected chi connectivity index (χ1v) is 7.06. The van der Waals surface area contributed by atoms with E-state index in [1.165, 1.54) is 0 Å². The fourth-order valence-corrected chi connectivity index (χ4v) is 4.14. The summed E-state index contributed by atoms with van der Waals surface area (Å²) in [5, 5.41) is 3.41. The zero-order valence-corrected chi connectivity index (χ0v) is 10.8. The average molecular weight is 262 g/mol. The Morgan fingerprint density at radius 1 is 1.17 bits per heavy atom. The zero-order chi connectivity index (χ0) is 13.0. The summed E-state index contributed by atoms with van der Waals surface area (Å²) >= 11 is 0. The number of alkyl halides is 3. The highest BCUT2D eigenvalue weighted by atomic mass is 19.4. The molecule has 2 heterocycles. The maximum absolute atomic E-state index is 13.2. The molecule has 2 saturated heterocycles. The van der Waals surface area contributed by atoms with Crippen molar-refractivity contribution in [1.29, 1.82) is 0 Å². The fraction of sp³-hybridized carbons (Fsp3) is 1.00. The van der Waals surface area contributed by atoms with Crippen LogP contribution < -0.4 is 5.32 Å². The Hall–Kier alpha value is -0.290. The van der Waals surface area contributed by atoms with Gasteiger partial charge in [-0.15, -0.1) is 0 Å². The van der Waals surface area contributed by atoms with Crippen molar-refractivity contribution in [2.45, 2.75) is 75.3 Å². The van der Waals surface area contributed by atoms with Gasteiger partial charge in [-0.05, 0) is 45.1 Å². The van der Waals surface area contributed by atoms with Crippen molar-refractivity contribution in [1.82, 2.24) is 10.2 Å². The lowest BCUT2D eigenvalue weighted by Gasteiger charge is -2.44. The standard InChI is InChI=1S/C13H21F3N2/c1-2-17-9-7-10-3-4-11(8-9)18(10)12(5-6-12)13(14,15)16/h9-11,17H,2-8H2,1H3. The number of rotatable bonds is 3. The first-order chi connectivity index (χ1) is 8.48. The van der Waals surface area contributed by atoms with Crippen LogP contribution in [0.1, 0.15) is 45.4 Å². The minimum absolute atomic E-state index is 0.150. The number of hydrogen-bond acceptors (Lipinski definition) is 2. The third-order valence-corrected chi connectivity index (χ3v) is 4.97. The van der Waals surface area contributed by atoms with Crippen LogP contribution in [-0.2, 0) is 0 Å². The summed E-state index contributed by atoms with van der Waals surface area (Å²) in [4.78, 5) is 1.85. The lowest BCUT2D eigenvalue weighted by atomic mass is 9.94. The highest BCUT2D eigenvalue weighted by molar-refractivity contribution is 5.16. The Kier molecular flexibility index (Phi) is 2.90. The van der Waals surface area contributed by atoms with E-state index in [4.69, 9.17) is 0 Å². The highest BCUT2D eigenvalue weighted by Gasteiger charge is 2.70. The van der Waals surface area contributed by atoms with Gasteiger partial charge in [0.2, 0.25) is 0 Å². The number of nitrogens with zero attached hydrogens (tertiary/aromatic N) is 1. The van der Waals surface area contributed by atoms with Gasteiger partial charge in [0, 0.05) is 18.1 Å². The van der Waals surface area contributed by atoms with Gasteiger partial charge in [0.25, 0.3) is 0 Å². The molecule has 104 valence electrons. The second-order valence-electron chi connectivity index (χ2n) is 6.05. The van der Waals surface area contributed by atoms with Gasteiger partial charge >= 0.3 is 6.18 Å². The molecule has 0 aromatic carbocycles. The SMILES string of the molecule is CCNC1CC2CCC(C1)N2C1(C(F)(F)F)CC1. The number of hydrogen-bond donors (Lipinski definition) is 1. The van der Waals surface area contributed by atoms with E-state index in [-0.39, 0.29) is 12.1 Å². The van der Waals surface area contributed by atoms with E-state index < -0.39 is 11.7 Å². The van der Waals surface area contributed by atoms with Crippen LogP contribution in [0, 0.1) is 0 Å². The summed E-state index contributed by atoms with van der Waals surface area (Å²) in [6.45, 7) is 2.97. The molecule has 3 fully saturated rings. The van der Waals surface area contributed by atoms with Crippen molar-refractivity contribution in [3.05, 3.63) is 0 Å². The molecular weight excluding hydrogens is 241 g/mol. The predicted molar refractivity (Wildman–Crippen MR) is 63.4 cm³/mol. The number of fused-ring (bicyclic) bond motifs is 2. The molecule has 2 bridgehead atoms. The minimum Gasteiger partial charge on any atom is -0.314 e. The first-order valence-electron chi connectivity index (χ1n) is 7.06. The summed E-state index contributed by atoms with van der Waals surface area (Å²) in [6, 6.07) is 0.724. The Labute approximate surface area is 106 Å². The first kappa shape index (κ1) is 12.7. The Morgan fingerprint density at radius 2 is 1.72 bits per heavy atom. The van der Waals surface area contributed by atoms with Crippen molar-refractivity contribution in [2.75, 3.05) is 6.54 Å². The minimum atomic E-state index is -4.04. The molecule has 3 aliphatic rings. The van der Waals surface area contributed by atoms with Gasteiger partial charge in [-0.25, -0.2) is 0 Å². The molecule has 2 nitrogen and oxygen atoms in total. The highest BCUT2D eigenvalue weighted by Crippen LogP contribution is 2.58. The van der Waals surface area contributed by atoms with Gasteiger partial charge in [0.15, 0.2) is 0 Å². The molecule has 18 heavy (non-hydrogen) atoms. The van der Waals surface area contributed by atoms with Crippen molar-refractivity contribution < 1.29 is 13.2 Å². The van der Waals surface area contributed by atoms with Crippen LogP contribution in [0.25, 0.3) is 0 Å². The zero-order valence-electron chi connectivity index (χ0n) is 10.8. The van der Waals surface area contributed by atoms with E-state index in [2.05, 4.69) is 12.2 Å². The molecule has 0 amide bonds. The lowest BCUT2D eigenvalue weighted by molar-refractivity contribution is -0.208. The molecule has 0 aromatic heterocycles. The van der Waals surface area contributed by atoms with Crippen molar-refractivity contribution in [3.8, 4) is 0 Å². The van der Waals surface area contributed by atoms with Crippen LogP contribution in [0.5, 0.6) is 0 Å². The van der Waals surface area contributed by atoms with Gasteiger partial charge in [-0.1, -0.05) is 6.92 Å². The smallest absolute Gasteiger partial charge is 0.314 e. The maximum atomic E-state index is 13.2. The summed E-state index contributed by atoms with van der Waals surface area (Å²) in [5.74, 6) is 0. The summed E-state index contributed by atoms with van der Waals surface area (Å²) in [5.41, 5.74) is -1.45. The summed E-state index contributed by atoms with van der Waals surface area (Å²) in [6.07, 6.45) is 0.267. The second-order valence-corrected chi connectivity index (χ2v) is 6.05. The monoisotopic (exact) mass is 262 g/mol. The second kappa shape index (κ2) is 4.10. The average Bonchev–Trinajstić information content (AvgIpc) is 3.03. The fourth-order valence-electron chi connectivity index (χ4n) is 4.14. The van der Waals surface area contributed by atoms with E-state index in [9.17, 15) is 13.2 Å². The molecule has 2 atom stereocenters. The van der Waals surface area contributed by atoms with Crippen LogP contribution in [0.2, 0.25) is 0 Å². The Bertz CT molecular complexity index is 311. The molecule has 2 aliphatic heterocycles. The van der Waals surface area contributed by atoms with Gasteiger partial charge in [0.1, 0.15) is 5.54 Å². The van der Waals surface area contributed by atoms with E-state index in [0.717, 1.165) is 32.2 Å². The van der Waals surface area contributed by atoms with Crippen LogP contribution >= 0.6 is 0 Å². The van der Waals surface area contributed by atoms with Gasteiger partial charge in [-0.3, -0.25) is 4.90 Å². The molecule has 3 rings (SSSR count). The van der Waals surface area contributed by atoms with Crippen molar-refractivity contribution >= 4 is 0 Å². The number of piperidine rings is 1. The van der Waals surface area contributed by atoms with E-state index >= 15 is 0 Å². The van der Waals surface area contributed by atoms with Crippen LogP contribution in [0.4, 0.5) is 13.2 Å². The summed E-state index contributed by atoms with van der Waals surface area (Å²) in [7, 11) is 0. The molecule has 1 aliphatic carbocycles. The van der Waals surface area contributed by atoms with E-state index in [0.29, 0.717) is 18.9 Å². The Morgan fingerprint density at radius 3 is 2.11 bits per heavy atom. The van der Waals surface area contributed by atoms with Crippen molar-refractivity contribution in [3.63, 3.8) is 0 Å². The third-order valence-electron chi connectivity index (χ3n) is 4.97. The van der Waals surface area contributed by atoms with Gasteiger partial charge < -0.3 is 5.32 Å². The molecular formula is C13H21F3N2. The predicted octanol–water partition coefficient (Wildman–Crippen LogP) is 2.69. The molecule has 1 N–H and O–H groups in total. The van der Waals surface area contributed by atoms with E-state index in [1.54, 1.807) is 0 Å². The topological polar surface area (TPSA) is 15.3 Å². The molecule has 0 aromatic rings. The molecule has 0 spiro atoms. The lowest BCUT2D eigenvalue weighted by Crippen LogP contribution is -2.58. The Balaban J connectivity index is 1.77. The number of halogens is 3. The van der Waals surface area contributed by atoms with Crippen LogP contribution in [-0.4, -0.2) is 41.3 Å². The largest absolute Gasteiger partial charge is 0.406 e. The normalized spacial score (nSPS) is 39.0. The van der Waals surface area contributed by atoms with Crippen molar-refractivity contribution in [2.24, 2.45) is 0 Å². The molecule has 0 radical (unpaired) electrons. The molecule has 5 heteroatoms. The van der Waals surface area contributed by atoms with Crippen LogP contribution in [0.3, 0.4) is 0 Å². The van der Waals surface area contributed by atoms with Gasteiger partial charge in [0.05, 0.1) is 0 Å². The quantitative estimate of drug-likeness (QED) is 0.841. The molecule has 1 saturated carbocycles. The van der Waals surface area contributed by atoms with Crippen LogP contribution in [0.15, 0.2) is 0 Å². The number of nitrogens with one attached hydrogen (secondary N) is 1.